The summed E-state index contributed by atoms with van der Waals surface area (Å²) in [5, 5.41) is 11.8. The molecule has 1 aromatic heterocycles. The molecule has 1 aromatic carbocycles. The molecule has 0 saturated carbocycles. The van der Waals surface area contributed by atoms with Crippen LogP contribution in [-0.2, 0) is 30.9 Å². The minimum Gasteiger partial charge on any atom is -0.392 e. The third kappa shape index (κ3) is 3.27. The summed E-state index contributed by atoms with van der Waals surface area (Å²) < 4.78 is 15.7. The first-order valence-corrected chi connectivity index (χ1v) is 7.75. The molecule has 2 N–H and O–H groups in total. The van der Waals surface area contributed by atoms with Gasteiger partial charge in [-0.1, -0.05) is 12.1 Å². The predicted octanol–water partition coefficient (Wildman–Crippen LogP) is 1.70. The molecule has 6 heteroatoms. The lowest BCUT2D eigenvalue weighted by Gasteiger charge is -2.24. The maximum absolute atomic E-state index is 13.6. The van der Waals surface area contributed by atoms with Gasteiger partial charge in [0.05, 0.1) is 12.5 Å². The second kappa shape index (κ2) is 6.50. The van der Waals surface area contributed by atoms with E-state index in [-0.39, 0.29) is 30.5 Å². The first-order chi connectivity index (χ1) is 11.1. The molecular weight excluding hydrogens is 297 g/mol. The highest BCUT2D eigenvalue weighted by Crippen LogP contribution is 2.21. The Balaban J connectivity index is 1.60. The van der Waals surface area contributed by atoms with Crippen LogP contribution >= 0.6 is 0 Å². The van der Waals surface area contributed by atoms with Crippen molar-refractivity contribution < 1.29 is 14.3 Å². The van der Waals surface area contributed by atoms with Crippen molar-refractivity contribution in [2.45, 2.75) is 39.5 Å². The lowest BCUT2D eigenvalue weighted by Crippen LogP contribution is -2.35. The van der Waals surface area contributed by atoms with E-state index in [4.69, 9.17) is 5.11 Å². The van der Waals surface area contributed by atoms with Crippen LogP contribution in [0.4, 0.5) is 4.39 Å². The van der Waals surface area contributed by atoms with E-state index in [1.54, 1.807) is 12.1 Å². The Bertz CT molecular complexity index is 727. The number of aryl methyl sites for hydroxylation is 2. The molecule has 0 radical (unpaired) electrons. The highest BCUT2D eigenvalue weighted by Gasteiger charge is 2.25. The highest BCUT2D eigenvalue weighted by atomic mass is 19.1. The molecule has 1 aliphatic rings. The van der Waals surface area contributed by atoms with Crippen LogP contribution < -0.4 is 5.32 Å². The van der Waals surface area contributed by atoms with E-state index in [2.05, 4.69) is 14.9 Å². The Morgan fingerprint density at radius 2 is 2.35 bits per heavy atom. The van der Waals surface area contributed by atoms with Crippen LogP contribution in [0.2, 0.25) is 0 Å². The van der Waals surface area contributed by atoms with E-state index in [1.165, 1.54) is 11.8 Å². The zero-order chi connectivity index (χ0) is 16.4. The minimum absolute atomic E-state index is 0.0182. The summed E-state index contributed by atoms with van der Waals surface area (Å²) in [7, 11) is 0. The number of fused-ring (bicyclic) bond motifs is 1. The molecule has 1 amide bonds. The fourth-order valence-corrected chi connectivity index (χ4v) is 2.97. The molecule has 0 bridgehead atoms. The predicted molar refractivity (Wildman–Crippen MR) is 82.9 cm³/mol. The summed E-state index contributed by atoms with van der Waals surface area (Å²) in [5.74, 6) is 0.377. The Morgan fingerprint density at radius 1 is 1.52 bits per heavy atom. The van der Waals surface area contributed by atoms with Crippen LogP contribution in [0.1, 0.15) is 29.1 Å². The van der Waals surface area contributed by atoms with Crippen LogP contribution in [0.3, 0.4) is 0 Å². The Hall–Kier alpha value is -2.21. The summed E-state index contributed by atoms with van der Waals surface area (Å²) in [4.78, 5) is 16.6. The van der Waals surface area contributed by atoms with Crippen molar-refractivity contribution in [3.05, 3.63) is 52.9 Å². The first kappa shape index (κ1) is 15.7. The topological polar surface area (TPSA) is 67.2 Å². The van der Waals surface area contributed by atoms with E-state index in [9.17, 15) is 9.18 Å². The van der Waals surface area contributed by atoms with Crippen LogP contribution in [0, 0.1) is 18.7 Å². The third-order valence-corrected chi connectivity index (χ3v) is 4.41. The number of aliphatic hydroxyl groups is 1. The summed E-state index contributed by atoms with van der Waals surface area (Å²) in [6.45, 7) is 2.54. The largest absolute Gasteiger partial charge is 0.392 e. The van der Waals surface area contributed by atoms with Crippen molar-refractivity contribution in [3.8, 4) is 0 Å². The smallest absolute Gasteiger partial charge is 0.225 e. The number of benzene rings is 1. The molecule has 0 fully saturated rings. The van der Waals surface area contributed by atoms with Gasteiger partial charge in [-0.3, -0.25) is 4.79 Å². The Kier molecular flexibility index (Phi) is 4.43. The van der Waals surface area contributed by atoms with Crippen molar-refractivity contribution in [2.75, 3.05) is 0 Å². The molecule has 5 nitrogen and oxygen atoms in total. The average Bonchev–Trinajstić information content (AvgIpc) is 2.93. The zero-order valence-electron chi connectivity index (χ0n) is 13.1. The van der Waals surface area contributed by atoms with E-state index in [0.717, 1.165) is 18.7 Å². The molecule has 1 unspecified atom stereocenters. The van der Waals surface area contributed by atoms with Crippen LogP contribution in [0.15, 0.2) is 24.4 Å². The van der Waals surface area contributed by atoms with Gasteiger partial charge in [-0.15, -0.1) is 0 Å². The zero-order valence-corrected chi connectivity index (χ0v) is 13.1. The number of rotatable bonds is 4. The molecule has 0 saturated heterocycles. The van der Waals surface area contributed by atoms with E-state index in [0.29, 0.717) is 12.1 Å². The van der Waals surface area contributed by atoms with E-state index < -0.39 is 5.82 Å². The summed E-state index contributed by atoms with van der Waals surface area (Å²) in [6.07, 6.45) is 3.52. The Morgan fingerprint density at radius 3 is 3.09 bits per heavy atom. The SMILES string of the molecule is Cc1ncc2n1CC(C(=O)NCc1ccc(CO)c(F)c1)CC2. The van der Waals surface area contributed by atoms with Gasteiger partial charge in [0.1, 0.15) is 11.6 Å². The second-order valence-electron chi connectivity index (χ2n) is 5.94. The number of amides is 1. The lowest BCUT2D eigenvalue weighted by atomic mass is 9.97. The maximum atomic E-state index is 13.6. The van der Waals surface area contributed by atoms with Gasteiger partial charge in [-0.2, -0.15) is 0 Å². The van der Waals surface area contributed by atoms with Gasteiger partial charge < -0.3 is 15.0 Å². The quantitative estimate of drug-likeness (QED) is 0.902. The molecule has 0 aliphatic carbocycles. The number of halogens is 1. The number of nitrogens with zero attached hydrogens (tertiary/aromatic N) is 2. The molecule has 122 valence electrons. The number of aromatic nitrogens is 2. The summed E-state index contributed by atoms with van der Waals surface area (Å²) in [5.41, 5.74) is 2.12. The standard InChI is InChI=1S/C17H20FN3O2/c1-11-19-8-15-5-4-13(9-21(11)15)17(23)20-7-12-2-3-14(10-22)16(18)6-12/h2-3,6,8,13,22H,4-5,7,9-10H2,1H3,(H,20,23). The van der Waals surface area contributed by atoms with Gasteiger partial charge in [0, 0.05) is 30.5 Å². The summed E-state index contributed by atoms with van der Waals surface area (Å²) >= 11 is 0. The maximum Gasteiger partial charge on any atom is 0.225 e. The molecule has 2 aromatic rings. The number of carbonyl (C=O) groups excluding carboxylic acids is 1. The average molecular weight is 317 g/mol. The van der Waals surface area contributed by atoms with Gasteiger partial charge in [0.2, 0.25) is 5.91 Å². The van der Waals surface area contributed by atoms with Crippen molar-refractivity contribution in [1.29, 1.82) is 0 Å². The molecule has 2 heterocycles. The van der Waals surface area contributed by atoms with Gasteiger partial charge >= 0.3 is 0 Å². The van der Waals surface area contributed by atoms with Crippen LogP contribution in [0.25, 0.3) is 0 Å². The number of hydrogen-bond acceptors (Lipinski definition) is 3. The van der Waals surface area contributed by atoms with Gasteiger partial charge in [-0.25, -0.2) is 9.37 Å². The highest BCUT2D eigenvalue weighted by molar-refractivity contribution is 5.78. The monoisotopic (exact) mass is 317 g/mol. The number of nitrogens with one attached hydrogen (secondary N) is 1. The minimum atomic E-state index is -0.449. The van der Waals surface area contributed by atoms with Crippen molar-refractivity contribution in [1.82, 2.24) is 14.9 Å². The molecular formula is C17H20FN3O2. The van der Waals surface area contributed by atoms with Gasteiger partial charge in [0.15, 0.2) is 0 Å². The van der Waals surface area contributed by atoms with E-state index >= 15 is 0 Å². The third-order valence-electron chi connectivity index (χ3n) is 4.41. The summed E-state index contributed by atoms with van der Waals surface area (Å²) in [6, 6.07) is 4.61. The first-order valence-electron chi connectivity index (χ1n) is 7.75. The van der Waals surface area contributed by atoms with Gasteiger partial charge in [0.25, 0.3) is 0 Å². The van der Waals surface area contributed by atoms with Crippen molar-refractivity contribution >= 4 is 5.91 Å². The van der Waals surface area contributed by atoms with Crippen molar-refractivity contribution in [2.24, 2.45) is 5.92 Å². The van der Waals surface area contributed by atoms with Crippen LogP contribution in [0.5, 0.6) is 0 Å². The molecule has 0 spiro atoms. The number of aliphatic hydroxyl groups excluding tert-OH is 1. The molecule has 3 rings (SSSR count). The number of hydrogen-bond donors (Lipinski definition) is 2. The number of imidazole rings is 1. The van der Waals surface area contributed by atoms with Crippen molar-refractivity contribution in [3.63, 3.8) is 0 Å². The second-order valence-corrected chi connectivity index (χ2v) is 5.94. The fourth-order valence-electron chi connectivity index (χ4n) is 2.97. The molecule has 1 atom stereocenters. The van der Waals surface area contributed by atoms with Gasteiger partial charge in [-0.05, 0) is 31.4 Å². The molecule has 1 aliphatic heterocycles. The number of carbonyl (C=O) groups is 1. The lowest BCUT2D eigenvalue weighted by molar-refractivity contribution is -0.126. The van der Waals surface area contributed by atoms with Crippen LogP contribution in [-0.4, -0.2) is 20.6 Å². The fraction of sp³-hybridized carbons (Fsp3) is 0.412. The Labute approximate surface area is 134 Å². The van der Waals surface area contributed by atoms with E-state index in [1.807, 2.05) is 13.1 Å². The normalized spacial score (nSPS) is 16.9. The molecule has 23 heavy (non-hydrogen) atoms.